The van der Waals surface area contributed by atoms with E-state index in [0.717, 1.165) is 32.1 Å². The molecule has 0 radical (unpaired) electrons. The highest BCUT2D eigenvalue weighted by molar-refractivity contribution is 5.75. The van der Waals surface area contributed by atoms with E-state index >= 15 is 0 Å². The number of rotatable bonds is 12. The fourth-order valence-corrected chi connectivity index (χ4v) is 3.56. The molecule has 3 atom stereocenters. The maximum absolute atomic E-state index is 12.3. The van der Waals surface area contributed by atoms with Crippen LogP contribution in [0.15, 0.2) is 0 Å². The van der Waals surface area contributed by atoms with Crippen molar-refractivity contribution in [1.82, 2.24) is 0 Å². The zero-order chi connectivity index (χ0) is 17.8. The number of hydrogen-bond donors (Lipinski definition) is 1. The quantitative estimate of drug-likeness (QED) is 0.385. The van der Waals surface area contributed by atoms with Gasteiger partial charge in [0.05, 0.1) is 11.8 Å². The van der Waals surface area contributed by atoms with Crippen molar-refractivity contribution in [3.05, 3.63) is 0 Å². The molecule has 1 aliphatic carbocycles. The third-order valence-corrected chi connectivity index (χ3v) is 5.22. The number of hydrogen-bond acceptors (Lipinski definition) is 3. The summed E-state index contributed by atoms with van der Waals surface area (Å²) in [7, 11) is 0. The highest BCUT2D eigenvalue weighted by atomic mass is 16.5. The summed E-state index contributed by atoms with van der Waals surface area (Å²) in [5.74, 6) is -1.54. The van der Waals surface area contributed by atoms with Gasteiger partial charge in [0, 0.05) is 0 Å². The largest absolute Gasteiger partial charge is 0.481 e. The molecule has 0 spiro atoms. The minimum absolute atomic E-state index is 0.00153. The van der Waals surface area contributed by atoms with Gasteiger partial charge in [-0.05, 0) is 38.5 Å². The second kappa shape index (κ2) is 12.3. The van der Waals surface area contributed by atoms with Crippen molar-refractivity contribution in [2.24, 2.45) is 11.8 Å². The first-order chi connectivity index (χ1) is 11.6. The number of carbonyl (C=O) groups excluding carboxylic acids is 1. The van der Waals surface area contributed by atoms with Crippen LogP contribution in [0.2, 0.25) is 0 Å². The number of carbonyl (C=O) groups is 2. The van der Waals surface area contributed by atoms with Crippen molar-refractivity contribution in [3.8, 4) is 0 Å². The Labute approximate surface area is 147 Å². The molecule has 0 aromatic carbocycles. The molecule has 1 aliphatic rings. The lowest BCUT2D eigenvalue weighted by Gasteiger charge is -2.27. The molecule has 0 heterocycles. The summed E-state index contributed by atoms with van der Waals surface area (Å²) in [6.45, 7) is 4.28. The number of unbranched alkanes of at least 4 members (excludes halogenated alkanes) is 6. The van der Waals surface area contributed by atoms with Crippen LogP contribution in [0.1, 0.15) is 97.3 Å². The fourth-order valence-electron chi connectivity index (χ4n) is 3.56. The standard InChI is InChI=1S/C20H36O4/c1-3-5-6-7-8-9-10-14-18(4-2)24-20(23)17-13-11-12-16(15-17)19(21)22/h16-18H,3-15H2,1-2H3,(H,21,22). The Balaban J connectivity index is 2.23. The molecule has 4 nitrogen and oxygen atoms in total. The van der Waals surface area contributed by atoms with Gasteiger partial charge in [0.15, 0.2) is 0 Å². The van der Waals surface area contributed by atoms with E-state index in [-0.39, 0.29) is 23.9 Å². The molecule has 140 valence electrons. The van der Waals surface area contributed by atoms with E-state index < -0.39 is 5.97 Å². The number of ether oxygens (including phenoxy) is 1. The number of aliphatic carboxylic acids is 1. The van der Waals surface area contributed by atoms with Crippen molar-refractivity contribution in [1.29, 1.82) is 0 Å². The monoisotopic (exact) mass is 340 g/mol. The third-order valence-electron chi connectivity index (χ3n) is 5.22. The Morgan fingerprint density at radius 3 is 2.25 bits per heavy atom. The van der Waals surface area contributed by atoms with Crippen LogP contribution in [-0.4, -0.2) is 23.1 Å². The van der Waals surface area contributed by atoms with Crippen molar-refractivity contribution in [3.63, 3.8) is 0 Å². The Bertz CT molecular complexity index is 367. The van der Waals surface area contributed by atoms with E-state index in [1.165, 1.54) is 38.5 Å². The lowest BCUT2D eigenvalue weighted by Crippen LogP contribution is -2.30. The first kappa shape index (κ1) is 21.0. The van der Waals surface area contributed by atoms with Crippen LogP contribution < -0.4 is 0 Å². The normalized spacial score (nSPS) is 22.1. The minimum Gasteiger partial charge on any atom is -0.481 e. The zero-order valence-corrected chi connectivity index (χ0v) is 15.6. The van der Waals surface area contributed by atoms with Crippen LogP contribution in [-0.2, 0) is 14.3 Å². The molecular weight excluding hydrogens is 304 g/mol. The maximum atomic E-state index is 12.3. The Morgan fingerprint density at radius 2 is 1.62 bits per heavy atom. The van der Waals surface area contributed by atoms with Gasteiger partial charge in [-0.2, -0.15) is 0 Å². The van der Waals surface area contributed by atoms with Gasteiger partial charge in [0.2, 0.25) is 0 Å². The highest BCUT2D eigenvalue weighted by Crippen LogP contribution is 2.30. The van der Waals surface area contributed by atoms with Gasteiger partial charge in [-0.25, -0.2) is 0 Å². The first-order valence-corrected chi connectivity index (χ1v) is 10.0. The van der Waals surface area contributed by atoms with Gasteiger partial charge in [0.1, 0.15) is 6.10 Å². The van der Waals surface area contributed by atoms with E-state index in [4.69, 9.17) is 9.84 Å². The topological polar surface area (TPSA) is 63.6 Å². The Kier molecular flexibility index (Phi) is 10.8. The molecule has 0 aliphatic heterocycles. The molecule has 0 aromatic heterocycles. The molecule has 0 aromatic rings. The SMILES string of the molecule is CCCCCCCCCC(CC)OC(=O)C1CCCC(C(=O)O)C1. The molecule has 1 rings (SSSR count). The van der Waals surface area contributed by atoms with Crippen molar-refractivity contribution >= 4 is 11.9 Å². The average molecular weight is 341 g/mol. The van der Waals surface area contributed by atoms with Gasteiger partial charge < -0.3 is 9.84 Å². The highest BCUT2D eigenvalue weighted by Gasteiger charge is 2.32. The zero-order valence-electron chi connectivity index (χ0n) is 15.6. The molecule has 24 heavy (non-hydrogen) atoms. The maximum Gasteiger partial charge on any atom is 0.309 e. The van der Waals surface area contributed by atoms with E-state index in [1.807, 2.05) is 0 Å². The van der Waals surface area contributed by atoms with E-state index in [1.54, 1.807) is 0 Å². The predicted octanol–water partition coefficient (Wildman–Crippen LogP) is 5.34. The molecular formula is C20H36O4. The summed E-state index contributed by atoms with van der Waals surface area (Å²) in [6.07, 6.45) is 13.3. The smallest absolute Gasteiger partial charge is 0.309 e. The second-order valence-corrected chi connectivity index (χ2v) is 7.28. The molecule has 3 unspecified atom stereocenters. The number of esters is 1. The average Bonchev–Trinajstić information content (AvgIpc) is 2.59. The van der Waals surface area contributed by atoms with E-state index in [2.05, 4.69) is 13.8 Å². The Hall–Kier alpha value is -1.06. The Morgan fingerprint density at radius 1 is 1.00 bits per heavy atom. The van der Waals surface area contributed by atoms with Crippen LogP contribution in [0.5, 0.6) is 0 Å². The van der Waals surface area contributed by atoms with Crippen molar-refractivity contribution in [2.75, 3.05) is 0 Å². The number of carboxylic acid groups (broad SMARTS) is 1. The lowest BCUT2D eigenvalue weighted by molar-refractivity contribution is -0.157. The summed E-state index contributed by atoms with van der Waals surface area (Å²) in [6, 6.07) is 0. The van der Waals surface area contributed by atoms with Crippen LogP contribution in [0.3, 0.4) is 0 Å². The first-order valence-electron chi connectivity index (χ1n) is 10.0. The summed E-state index contributed by atoms with van der Waals surface area (Å²) in [5.41, 5.74) is 0. The lowest BCUT2D eigenvalue weighted by atomic mass is 9.81. The van der Waals surface area contributed by atoms with Crippen molar-refractivity contribution < 1.29 is 19.4 Å². The molecule has 4 heteroatoms. The summed E-state index contributed by atoms with van der Waals surface area (Å²) in [5, 5.41) is 9.13. The van der Waals surface area contributed by atoms with Crippen molar-refractivity contribution in [2.45, 2.75) is 103 Å². The fraction of sp³-hybridized carbons (Fsp3) is 0.900. The molecule has 1 N–H and O–H groups in total. The minimum atomic E-state index is -0.775. The molecule has 1 saturated carbocycles. The number of carboxylic acids is 1. The summed E-state index contributed by atoms with van der Waals surface area (Å²) >= 11 is 0. The summed E-state index contributed by atoms with van der Waals surface area (Å²) in [4.78, 5) is 23.4. The van der Waals surface area contributed by atoms with Crippen LogP contribution in [0.25, 0.3) is 0 Å². The van der Waals surface area contributed by atoms with Gasteiger partial charge >= 0.3 is 11.9 Å². The van der Waals surface area contributed by atoms with E-state index in [9.17, 15) is 9.59 Å². The summed E-state index contributed by atoms with van der Waals surface area (Å²) < 4.78 is 5.68. The van der Waals surface area contributed by atoms with Crippen LogP contribution in [0, 0.1) is 11.8 Å². The third kappa shape index (κ3) is 8.16. The van der Waals surface area contributed by atoms with Gasteiger partial charge in [0.25, 0.3) is 0 Å². The molecule has 0 amide bonds. The predicted molar refractivity (Wildman–Crippen MR) is 95.9 cm³/mol. The molecule has 0 bridgehead atoms. The van der Waals surface area contributed by atoms with Gasteiger partial charge in [-0.15, -0.1) is 0 Å². The molecule has 1 fully saturated rings. The van der Waals surface area contributed by atoms with Gasteiger partial charge in [-0.3, -0.25) is 9.59 Å². The second-order valence-electron chi connectivity index (χ2n) is 7.28. The van der Waals surface area contributed by atoms with Crippen LogP contribution in [0.4, 0.5) is 0 Å². The molecule has 0 saturated heterocycles. The van der Waals surface area contributed by atoms with Crippen LogP contribution >= 0.6 is 0 Å². The van der Waals surface area contributed by atoms with Gasteiger partial charge in [-0.1, -0.05) is 58.8 Å². The van der Waals surface area contributed by atoms with E-state index in [0.29, 0.717) is 12.8 Å².